The molecule has 0 bridgehead atoms. The third-order valence-electron chi connectivity index (χ3n) is 3.20. The summed E-state index contributed by atoms with van der Waals surface area (Å²) >= 11 is 5.52. The molecule has 0 amide bonds. The van der Waals surface area contributed by atoms with Crippen LogP contribution in [0.3, 0.4) is 0 Å². The smallest absolute Gasteiger partial charge is 0.338 e. The molecule has 0 aliphatic carbocycles. The average molecular weight is 395 g/mol. The van der Waals surface area contributed by atoms with Gasteiger partial charge in [-0.1, -0.05) is 29.8 Å². The number of methoxy groups -OCH3 is 2. The number of esters is 2. The van der Waals surface area contributed by atoms with Crippen LogP contribution in [-0.2, 0) is 9.47 Å². The number of rotatable bonds is 4. The maximum atomic E-state index is 11.2. The quantitative estimate of drug-likeness (QED) is 0.757. The number of benzene rings is 2. The van der Waals surface area contributed by atoms with Crippen LogP contribution in [0, 0.1) is 0 Å². The van der Waals surface area contributed by atoms with E-state index in [1.165, 1.54) is 44.6 Å². The number of carboxylic acids is 2. The van der Waals surface area contributed by atoms with E-state index in [1.807, 2.05) is 0 Å². The van der Waals surface area contributed by atoms with Gasteiger partial charge >= 0.3 is 23.9 Å². The Balaban J connectivity index is 0.000000271. The van der Waals surface area contributed by atoms with Crippen LogP contribution < -0.4 is 0 Å². The Morgan fingerprint density at radius 2 is 1.19 bits per heavy atom. The van der Waals surface area contributed by atoms with E-state index in [1.54, 1.807) is 12.1 Å². The number of carbonyl (C=O) groups is 4. The first-order chi connectivity index (χ1) is 12.7. The van der Waals surface area contributed by atoms with E-state index in [2.05, 4.69) is 9.47 Å². The SMILES string of the molecule is COC(=O)c1ccccc1C(=O)OC.O=C(O)c1cccc(Cl)c1C(=O)O. The van der Waals surface area contributed by atoms with E-state index in [9.17, 15) is 19.2 Å². The number of carboxylic acid groups (broad SMARTS) is 2. The van der Waals surface area contributed by atoms with Gasteiger partial charge in [-0.2, -0.15) is 0 Å². The second-order valence-electron chi connectivity index (χ2n) is 4.80. The summed E-state index contributed by atoms with van der Waals surface area (Å²) < 4.78 is 9.05. The minimum absolute atomic E-state index is 0.0765. The number of carbonyl (C=O) groups excluding carboxylic acids is 2. The number of halogens is 1. The van der Waals surface area contributed by atoms with E-state index in [-0.39, 0.29) is 27.3 Å². The third kappa shape index (κ3) is 5.55. The standard InChI is InChI=1S/C10H10O4.C8H5ClO4/c1-13-9(11)7-5-3-4-6-8(7)10(12)14-2;9-5-3-1-2-4(7(10)11)6(5)8(12)13/h3-6H,1-2H3;1-3H,(H,10,11)(H,12,13). The maximum Gasteiger partial charge on any atom is 0.338 e. The van der Waals surface area contributed by atoms with Crippen LogP contribution in [0.5, 0.6) is 0 Å². The van der Waals surface area contributed by atoms with E-state index < -0.39 is 23.9 Å². The first-order valence-corrected chi connectivity index (χ1v) is 7.63. The predicted molar refractivity (Wildman–Crippen MR) is 94.5 cm³/mol. The zero-order chi connectivity index (χ0) is 20.6. The highest BCUT2D eigenvalue weighted by molar-refractivity contribution is 6.34. The van der Waals surface area contributed by atoms with Crippen LogP contribution in [0.15, 0.2) is 42.5 Å². The molecule has 2 aromatic carbocycles. The molecule has 0 saturated heterocycles. The third-order valence-corrected chi connectivity index (χ3v) is 3.51. The van der Waals surface area contributed by atoms with Crippen LogP contribution in [0.2, 0.25) is 5.02 Å². The van der Waals surface area contributed by atoms with Crippen molar-refractivity contribution in [1.82, 2.24) is 0 Å². The van der Waals surface area contributed by atoms with Gasteiger partial charge in [0.1, 0.15) is 0 Å². The van der Waals surface area contributed by atoms with Crippen molar-refractivity contribution in [3.8, 4) is 0 Å². The van der Waals surface area contributed by atoms with Crippen LogP contribution in [0.1, 0.15) is 41.4 Å². The summed E-state index contributed by atoms with van der Waals surface area (Å²) in [6.07, 6.45) is 0. The summed E-state index contributed by atoms with van der Waals surface area (Å²) in [6, 6.07) is 10.2. The summed E-state index contributed by atoms with van der Waals surface area (Å²) in [7, 11) is 2.52. The molecule has 0 aliphatic rings. The Morgan fingerprint density at radius 1 is 0.741 bits per heavy atom. The first-order valence-electron chi connectivity index (χ1n) is 7.25. The Labute approximate surface area is 158 Å². The van der Waals surface area contributed by atoms with Gasteiger partial charge in [0.15, 0.2) is 0 Å². The van der Waals surface area contributed by atoms with Crippen molar-refractivity contribution >= 4 is 35.5 Å². The highest BCUT2D eigenvalue weighted by Crippen LogP contribution is 2.19. The molecule has 0 unspecified atom stereocenters. The fraction of sp³-hybridized carbons (Fsp3) is 0.111. The number of ether oxygens (including phenoxy) is 2. The van der Waals surface area contributed by atoms with E-state index in [4.69, 9.17) is 21.8 Å². The molecule has 0 atom stereocenters. The van der Waals surface area contributed by atoms with Crippen molar-refractivity contribution in [2.24, 2.45) is 0 Å². The lowest BCUT2D eigenvalue weighted by Crippen LogP contribution is -2.11. The number of hydrogen-bond donors (Lipinski definition) is 2. The molecule has 0 aromatic heterocycles. The number of hydrogen-bond acceptors (Lipinski definition) is 6. The highest BCUT2D eigenvalue weighted by atomic mass is 35.5. The lowest BCUT2D eigenvalue weighted by Gasteiger charge is -2.04. The summed E-state index contributed by atoms with van der Waals surface area (Å²) in [6.45, 7) is 0. The van der Waals surface area contributed by atoms with Crippen molar-refractivity contribution < 1.29 is 38.9 Å². The highest BCUT2D eigenvalue weighted by Gasteiger charge is 2.18. The van der Waals surface area contributed by atoms with Crippen LogP contribution in [0.25, 0.3) is 0 Å². The monoisotopic (exact) mass is 394 g/mol. The molecule has 0 heterocycles. The van der Waals surface area contributed by atoms with E-state index in [0.29, 0.717) is 0 Å². The largest absolute Gasteiger partial charge is 0.478 e. The van der Waals surface area contributed by atoms with Crippen LogP contribution in [-0.4, -0.2) is 48.3 Å². The van der Waals surface area contributed by atoms with Crippen LogP contribution >= 0.6 is 11.6 Å². The zero-order valence-electron chi connectivity index (χ0n) is 14.3. The second kappa shape index (κ2) is 9.93. The van der Waals surface area contributed by atoms with Gasteiger partial charge < -0.3 is 19.7 Å². The van der Waals surface area contributed by atoms with Gasteiger partial charge in [0.2, 0.25) is 0 Å². The minimum Gasteiger partial charge on any atom is -0.478 e. The molecule has 0 fully saturated rings. The van der Waals surface area contributed by atoms with Crippen molar-refractivity contribution in [1.29, 1.82) is 0 Å². The van der Waals surface area contributed by atoms with Gasteiger partial charge in [0.25, 0.3) is 0 Å². The predicted octanol–water partition coefficient (Wildman–Crippen LogP) is 3.00. The van der Waals surface area contributed by atoms with Gasteiger partial charge in [-0.05, 0) is 24.3 Å². The molecule has 0 saturated carbocycles. The molecule has 0 spiro atoms. The molecule has 0 radical (unpaired) electrons. The maximum absolute atomic E-state index is 11.2. The Morgan fingerprint density at radius 3 is 1.52 bits per heavy atom. The molecule has 2 rings (SSSR count). The van der Waals surface area contributed by atoms with Gasteiger partial charge in [0.05, 0.1) is 41.5 Å². The van der Waals surface area contributed by atoms with Crippen molar-refractivity contribution in [3.63, 3.8) is 0 Å². The molecule has 27 heavy (non-hydrogen) atoms. The Bertz CT molecular complexity index is 840. The minimum atomic E-state index is -1.34. The normalized spacial score (nSPS) is 9.44. The lowest BCUT2D eigenvalue weighted by atomic mass is 10.1. The van der Waals surface area contributed by atoms with Crippen molar-refractivity contribution in [2.75, 3.05) is 14.2 Å². The van der Waals surface area contributed by atoms with E-state index in [0.717, 1.165) is 0 Å². The molecule has 2 N–H and O–H groups in total. The summed E-state index contributed by atoms with van der Waals surface area (Å²) in [4.78, 5) is 43.6. The first kappa shape index (κ1) is 21.7. The molecule has 0 aliphatic heterocycles. The Kier molecular flexibility index (Phi) is 7.96. The topological polar surface area (TPSA) is 127 Å². The van der Waals surface area contributed by atoms with Gasteiger partial charge in [0, 0.05) is 0 Å². The molecular formula is C18H15ClO8. The summed E-state index contributed by atoms with van der Waals surface area (Å²) in [5.74, 6) is -3.75. The van der Waals surface area contributed by atoms with Gasteiger partial charge in [-0.3, -0.25) is 0 Å². The van der Waals surface area contributed by atoms with Gasteiger partial charge in [-0.15, -0.1) is 0 Å². The summed E-state index contributed by atoms with van der Waals surface area (Å²) in [5, 5.41) is 17.2. The fourth-order valence-electron chi connectivity index (χ4n) is 1.98. The van der Waals surface area contributed by atoms with Crippen molar-refractivity contribution in [2.45, 2.75) is 0 Å². The Hall–Kier alpha value is -3.39. The van der Waals surface area contributed by atoms with E-state index >= 15 is 0 Å². The molecular weight excluding hydrogens is 380 g/mol. The van der Waals surface area contributed by atoms with Gasteiger partial charge in [-0.25, -0.2) is 19.2 Å². The molecule has 142 valence electrons. The average Bonchev–Trinajstić information content (AvgIpc) is 2.66. The summed E-state index contributed by atoms with van der Waals surface area (Å²) in [5.41, 5.74) is -0.264. The van der Waals surface area contributed by atoms with Crippen molar-refractivity contribution in [3.05, 3.63) is 69.7 Å². The number of aromatic carboxylic acids is 2. The zero-order valence-corrected chi connectivity index (χ0v) is 15.0. The molecule has 8 nitrogen and oxygen atoms in total. The molecule has 2 aromatic rings. The second-order valence-corrected chi connectivity index (χ2v) is 5.21. The molecule has 9 heteroatoms. The van der Waals surface area contributed by atoms with Crippen LogP contribution in [0.4, 0.5) is 0 Å². The lowest BCUT2D eigenvalue weighted by molar-refractivity contribution is 0.0555. The fourth-order valence-corrected chi connectivity index (χ4v) is 2.23.